The van der Waals surface area contributed by atoms with E-state index in [4.69, 9.17) is 10.00 Å². The maximum absolute atomic E-state index is 11.9. The van der Waals surface area contributed by atoms with Gasteiger partial charge < -0.3 is 15.0 Å². The fraction of sp³-hybridized carbons (Fsp3) is 0.714. The Morgan fingerprint density at radius 3 is 2.77 bits per heavy atom. The van der Waals surface area contributed by atoms with Crippen molar-refractivity contribution in [3.8, 4) is 6.07 Å². The molecule has 1 amide bonds. The van der Waals surface area contributed by atoms with Crippen molar-refractivity contribution in [2.45, 2.75) is 25.8 Å². The van der Waals surface area contributed by atoms with Crippen LogP contribution < -0.4 is 5.32 Å². The van der Waals surface area contributed by atoms with Crippen LogP contribution in [-0.4, -0.2) is 63.6 Å². The fourth-order valence-electron chi connectivity index (χ4n) is 2.31. The minimum atomic E-state index is -3.00. The number of amides is 1. The number of carbonyl (C=O) groups excluding carboxylic acids is 1. The molecule has 8 heteroatoms. The van der Waals surface area contributed by atoms with E-state index in [9.17, 15) is 13.2 Å². The Kier molecular flexibility index (Phi) is 7.35. The van der Waals surface area contributed by atoms with Crippen molar-refractivity contribution in [1.29, 1.82) is 5.26 Å². The van der Waals surface area contributed by atoms with Gasteiger partial charge in [-0.3, -0.25) is 4.79 Å². The molecule has 1 N–H and O–H groups in total. The molecule has 124 valence electrons. The average Bonchev–Trinajstić information content (AvgIpc) is 2.84. The number of hydrogen-bond acceptors (Lipinski definition) is 6. The van der Waals surface area contributed by atoms with E-state index in [0.29, 0.717) is 32.5 Å². The van der Waals surface area contributed by atoms with Crippen LogP contribution in [0.3, 0.4) is 0 Å². The zero-order valence-corrected chi connectivity index (χ0v) is 13.9. The zero-order valence-electron chi connectivity index (χ0n) is 13.0. The summed E-state index contributed by atoms with van der Waals surface area (Å²) in [6.45, 7) is 3.37. The summed E-state index contributed by atoms with van der Waals surface area (Å²) in [7, 11) is -1.42. The molecule has 1 aliphatic heterocycles. The van der Waals surface area contributed by atoms with Gasteiger partial charge in [0.15, 0.2) is 9.84 Å². The monoisotopic (exact) mass is 329 g/mol. The third-order valence-corrected chi connectivity index (χ3v) is 5.26. The fourth-order valence-corrected chi connectivity index (χ4v) is 4.05. The molecule has 0 aromatic heterocycles. The molecule has 1 aliphatic rings. The molecule has 1 atom stereocenters. The molecule has 0 spiro atoms. The molecular weight excluding hydrogens is 306 g/mol. The molecule has 1 fully saturated rings. The van der Waals surface area contributed by atoms with Gasteiger partial charge in [-0.15, -0.1) is 0 Å². The lowest BCUT2D eigenvalue weighted by Crippen LogP contribution is -2.34. The maximum Gasteiger partial charge on any atom is 0.263 e. The minimum absolute atomic E-state index is 0.0106. The standard InChI is InChI=1S/C14H23N3O4S/c1-3-17(13-5-8-22(19,20)11-13)10-12(9-15)14(18)16-6-4-7-21-2/h10,13H,3-8,11H2,1-2H3,(H,16,18)/b12-10-. The lowest BCUT2D eigenvalue weighted by atomic mass is 10.2. The van der Waals surface area contributed by atoms with Crippen molar-refractivity contribution in [3.63, 3.8) is 0 Å². The molecule has 0 saturated carbocycles. The van der Waals surface area contributed by atoms with E-state index < -0.39 is 15.7 Å². The van der Waals surface area contributed by atoms with Gasteiger partial charge in [0.05, 0.1) is 11.5 Å². The van der Waals surface area contributed by atoms with Crippen molar-refractivity contribution < 1.29 is 17.9 Å². The van der Waals surface area contributed by atoms with Crippen LogP contribution in [-0.2, 0) is 19.4 Å². The second kappa shape index (κ2) is 8.76. The van der Waals surface area contributed by atoms with Crippen LogP contribution >= 0.6 is 0 Å². The highest BCUT2D eigenvalue weighted by Crippen LogP contribution is 2.18. The van der Waals surface area contributed by atoms with E-state index >= 15 is 0 Å². The number of ether oxygens (including phenoxy) is 1. The van der Waals surface area contributed by atoms with Gasteiger partial charge in [-0.25, -0.2) is 8.42 Å². The number of nitrogens with one attached hydrogen (secondary N) is 1. The topological polar surface area (TPSA) is 99.5 Å². The highest BCUT2D eigenvalue weighted by Gasteiger charge is 2.31. The third kappa shape index (κ3) is 5.66. The van der Waals surface area contributed by atoms with Crippen LogP contribution in [0.25, 0.3) is 0 Å². The van der Waals surface area contributed by atoms with Crippen molar-refractivity contribution in [3.05, 3.63) is 11.8 Å². The Bertz CT molecular complexity index is 551. The Morgan fingerprint density at radius 1 is 1.55 bits per heavy atom. The SMILES string of the molecule is CCN(/C=C(/C#N)C(=O)NCCCOC)C1CCS(=O)(=O)C1. The van der Waals surface area contributed by atoms with Crippen molar-refractivity contribution in [2.24, 2.45) is 0 Å². The van der Waals surface area contributed by atoms with Gasteiger partial charge in [0.25, 0.3) is 5.91 Å². The molecule has 0 aromatic rings. The summed E-state index contributed by atoms with van der Waals surface area (Å²) in [6.07, 6.45) is 2.66. The van der Waals surface area contributed by atoms with E-state index in [1.54, 1.807) is 12.0 Å². The molecule has 1 unspecified atom stereocenters. The Morgan fingerprint density at radius 2 is 2.27 bits per heavy atom. The second-order valence-electron chi connectivity index (χ2n) is 5.14. The Balaban J connectivity index is 2.68. The zero-order chi connectivity index (χ0) is 16.6. The number of nitriles is 1. The van der Waals surface area contributed by atoms with E-state index in [-0.39, 0.29) is 23.1 Å². The molecule has 0 aliphatic carbocycles. The lowest BCUT2D eigenvalue weighted by Gasteiger charge is -2.25. The molecular formula is C14H23N3O4S. The summed E-state index contributed by atoms with van der Waals surface area (Å²) in [5.74, 6) is -0.212. The molecule has 22 heavy (non-hydrogen) atoms. The summed E-state index contributed by atoms with van der Waals surface area (Å²) >= 11 is 0. The van der Waals surface area contributed by atoms with Gasteiger partial charge in [-0.2, -0.15) is 5.26 Å². The first kappa shape index (κ1) is 18.5. The number of methoxy groups -OCH3 is 1. The second-order valence-corrected chi connectivity index (χ2v) is 7.37. The maximum atomic E-state index is 11.9. The highest BCUT2D eigenvalue weighted by atomic mass is 32.2. The third-order valence-electron chi connectivity index (χ3n) is 3.51. The first-order chi connectivity index (χ1) is 10.4. The van der Waals surface area contributed by atoms with Crippen LogP contribution in [0.15, 0.2) is 11.8 Å². The molecule has 1 rings (SSSR count). The molecule has 1 heterocycles. The Labute approximate surface area is 131 Å². The molecule has 1 saturated heterocycles. The van der Waals surface area contributed by atoms with E-state index in [2.05, 4.69) is 5.32 Å². The first-order valence-electron chi connectivity index (χ1n) is 7.28. The van der Waals surface area contributed by atoms with Crippen LogP contribution in [0.4, 0.5) is 0 Å². The van der Waals surface area contributed by atoms with E-state index in [1.165, 1.54) is 6.20 Å². The van der Waals surface area contributed by atoms with Crippen molar-refractivity contribution >= 4 is 15.7 Å². The largest absolute Gasteiger partial charge is 0.385 e. The summed E-state index contributed by atoms with van der Waals surface area (Å²) in [5.41, 5.74) is -0.0106. The molecule has 0 aromatic carbocycles. The smallest absolute Gasteiger partial charge is 0.263 e. The van der Waals surface area contributed by atoms with Crippen LogP contribution in [0.5, 0.6) is 0 Å². The van der Waals surface area contributed by atoms with Gasteiger partial charge in [-0.05, 0) is 19.8 Å². The van der Waals surface area contributed by atoms with Crippen molar-refractivity contribution in [2.75, 3.05) is 38.3 Å². The highest BCUT2D eigenvalue weighted by molar-refractivity contribution is 7.91. The van der Waals surface area contributed by atoms with Crippen LogP contribution in [0.1, 0.15) is 19.8 Å². The quantitative estimate of drug-likeness (QED) is 0.384. The molecule has 0 radical (unpaired) electrons. The molecule has 0 bridgehead atoms. The van der Waals surface area contributed by atoms with Gasteiger partial charge in [0.2, 0.25) is 0 Å². The number of rotatable bonds is 8. The lowest BCUT2D eigenvalue weighted by molar-refractivity contribution is -0.117. The number of sulfone groups is 1. The van der Waals surface area contributed by atoms with E-state index in [0.717, 1.165) is 0 Å². The summed E-state index contributed by atoms with van der Waals surface area (Å²) in [5, 5.41) is 11.8. The van der Waals surface area contributed by atoms with Crippen molar-refractivity contribution in [1.82, 2.24) is 10.2 Å². The Hall–Kier alpha value is -1.59. The summed E-state index contributed by atoms with van der Waals surface area (Å²) < 4.78 is 28.0. The number of carbonyl (C=O) groups is 1. The minimum Gasteiger partial charge on any atom is -0.385 e. The van der Waals surface area contributed by atoms with Gasteiger partial charge in [-0.1, -0.05) is 0 Å². The first-order valence-corrected chi connectivity index (χ1v) is 9.11. The van der Waals surface area contributed by atoms with Crippen LogP contribution in [0, 0.1) is 11.3 Å². The number of hydrogen-bond donors (Lipinski definition) is 1. The summed E-state index contributed by atoms with van der Waals surface area (Å²) in [6, 6.07) is 1.71. The molecule has 7 nitrogen and oxygen atoms in total. The van der Waals surface area contributed by atoms with Gasteiger partial charge in [0.1, 0.15) is 11.6 Å². The average molecular weight is 329 g/mol. The number of nitrogens with zero attached hydrogens (tertiary/aromatic N) is 2. The van der Waals surface area contributed by atoms with Gasteiger partial charge in [0, 0.05) is 39.0 Å². The van der Waals surface area contributed by atoms with Crippen LogP contribution in [0.2, 0.25) is 0 Å². The summed E-state index contributed by atoms with van der Waals surface area (Å²) in [4.78, 5) is 13.7. The van der Waals surface area contributed by atoms with Gasteiger partial charge >= 0.3 is 0 Å². The predicted octanol–water partition coefficient (Wildman–Crippen LogP) is 0.0556. The van der Waals surface area contributed by atoms with E-state index in [1.807, 2.05) is 13.0 Å². The normalized spacial score (nSPS) is 20.4. The predicted molar refractivity (Wildman–Crippen MR) is 82.6 cm³/mol.